The van der Waals surface area contributed by atoms with Crippen LogP contribution in [0.2, 0.25) is 0 Å². The van der Waals surface area contributed by atoms with Crippen molar-refractivity contribution in [2.75, 3.05) is 0 Å². The zero-order valence-corrected chi connectivity index (χ0v) is 15.2. The van der Waals surface area contributed by atoms with E-state index < -0.39 is 17.8 Å². The molecule has 3 N–H and O–H groups in total. The summed E-state index contributed by atoms with van der Waals surface area (Å²) in [7, 11) is 0. The van der Waals surface area contributed by atoms with Crippen molar-refractivity contribution in [3.8, 4) is 0 Å². The molecule has 0 aromatic carbocycles. The van der Waals surface area contributed by atoms with E-state index >= 15 is 0 Å². The first-order chi connectivity index (χ1) is 10.5. The molecule has 0 radical (unpaired) electrons. The molecule has 132 valence electrons. The summed E-state index contributed by atoms with van der Waals surface area (Å²) in [6.45, 7) is 12.8. The van der Waals surface area contributed by atoms with Crippen molar-refractivity contribution in [1.29, 1.82) is 0 Å². The Bertz CT molecular complexity index is 501. The average Bonchev–Trinajstić information content (AvgIpc) is 2.40. The highest BCUT2D eigenvalue weighted by molar-refractivity contribution is 5.19. The molecular weight excluding hydrogens is 288 g/mol. The van der Waals surface area contributed by atoms with Gasteiger partial charge in [0.05, 0.1) is 17.8 Å². The van der Waals surface area contributed by atoms with Crippen LogP contribution in [0, 0.1) is 28.1 Å². The van der Waals surface area contributed by atoms with Gasteiger partial charge in [0.15, 0.2) is 0 Å². The molecule has 3 aliphatic carbocycles. The lowest BCUT2D eigenvalue weighted by molar-refractivity contribution is -0.276. The summed E-state index contributed by atoms with van der Waals surface area (Å²) in [5.74, 6) is 0.0862. The third-order valence-electron chi connectivity index (χ3n) is 7.80. The summed E-state index contributed by atoms with van der Waals surface area (Å²) in [6, 6.07) is 0. The minimum Gasteiger partial charge on any atom is -0.393 e. The third-order valence-corrected chi connectivity index (χ3v) is 7.80. The molecule has 0 heterocycles. The van der Waals surface area contributed by atoms with E-state index in [0.29, 0.717) is 25.2 Å². The van der Waals surface area contributed by atoms with Crippen LogP contribution >= 0.6 is 0 Å². The van der Waals surface area contributed by atoms with Crippen LogP contribution in [0.3, 0.4) is 0 Å². The minimum absolute atomic E-state index is 0.113. The molecule has 23 heavy (non-hydrogen) atoms. The molecule has 3 heteroatoms. The normalized spacial score (nSPS) is 55.6. The van der Waals surface area contributed by atoms with Gasteiger partial charge in [0.25, 0.3) is 0 Å². The third kappa shape index (κ3) is 2.34. The molecule has 0 spiro atoms. The van der Waals surface area contributed by atoms with Crippen molar-refractivity contribution in [1.82, 2.24) is 0 Å². The number of aliphatic hydroxyl groups is 3. The number of aliphatic hydroxyl groups excluding tert-OH is 2. The van der Waals surface area contributed by atoms with Gasteiger partial charge in [-0.05, 0) is 54.3 Å². The van der Waals surface area contributed by atoms with Crippen LogP contribution in [0.1, 0.15) is 66.2 Å². The fourth-order valence-corrected chi connectivity index (χ4v) is 6.80. The quantitative estimate of drug-likeness (QED) is 0.649. The van der Waals surface area contributed by atoms with Gasteiger partial charge in [-0.3, -0.25) is 0 Å². The largest absolute Gasteiger partial charge is 0.393 e. The summed E-state index contributed by atoms with van der Waals surface area (Å²) < 4.78 is 0. The van der Waals surface area contributed by atoms with Crippen molar-refractivity contribution >= 4 is 0 Å². The van der Waals surface area contributed by atoms with Gasteiger partial charge >= 0.3 is 0 Å². The van der Waals surface area contributed by atoms with E-state index in [4.69, 9.17) is 0 Å². The van der Waals surface area contributed by atoms with Crippen molar-refractivity contribution < 1.29 is 15.3 Å². The molecule has 0 amide bonds. The lowest BCUT2D eigenvalue weighted by Crippen LogP contribution is -2.70. The number of rotatable bonds is 1. The van der Waals surface area contributed by atoms with Crippen molar-refractivity contribution in [2.24, 2.45) is 28.1 Å². The van der Waals surface area contributed by atoms with E-state index in [9.17, 15) is 15.3 Å². The van der Waals surface area contributed by atoms with E-state index in [2.05, 4.69) is 27.4 Å². The molecule has 3 rings (SSSR count). The van der Waals surface area contributed by atoms with E-state index in [1.807, 2.05) is 13.0 Å². The smallest absolute Gasteiger partial charge is 0.0971 e. The van der Waals surface area contributed by atoms with Crippen molar-refractivity contribution in [2.45, 2.75) is 84.0 Å². The van der Waals surface area contributed by atoms with Crippen LogP contribution in [0.15, 0.2) is 12.7 Å². The van der Waals surface area contributed by atoms with Crippen LogP contribution in [-0.4, -0.2) is 33.1 Å². The van der Waals surface area contributed by atoms with Crippen LogP contribution < -0.4 is 0 Å². The van der Waals surface area contributed by atoms with Gasteiger partial charge < -0.3 is 15.3 Å². The number of fused-ring (bicyclic) bond motifs is 3. The Morgan fingerprint density at radius 1 is 1.09 bits per heavy atom. The predicted octanol–water partition coefficient (Wildman–Crippen LogP) is 3.28. The van der Waals surface area contributed by atoms with E-state index in [0.717, 1.165) is 19.3 Å². The van der Waals surface area contributed by atoms with Gasteiger partial charge in [-0.25, -0.2) is 0 Å². The molecule has 0 bridgehead atoms. The first kappa shape index (κ1) is 17.4. The summed E-state index contributed by atoms with van der Waals surface area (Å²) in [5, 5.41) is 33.4. The van der Waals surface area contributed by atoms with E-state index in [1.54, 1.807) is 0 Å². The fraction of sp³-hybridized carbons (Fsp3) is 0.900. The SMILES string of the molecule is C=C[C@@]1(C)C[C@@H](O)[C@H]2[C@@]3(C)CCCC(C)(C)[C@H]3C[C@@H](O)[C@@]2(O)C1. The highest BCUT2D eigenvalue weighted by Crippen LogP contribution is 2.66. The van der Waals surface area contributed by atoms with Crippen molar-refractivity contribution in [3.63, 3.8) is 0 Å². The maximum atomic E-state index is 11.5. The van der Waals surface area contributed by atoms with Crippen LogP contribution in [0.4, 0.5) is 0 Å². The lowest BCUT2D eigenvalue weighted by Gasteiger charge is -2.66. The molecule has 0 unspecified atom stereocenters. The zero-order valence-electron chi connectivity index (χ0n) is 15.2. The predicted molar refractivity (Wildman–Crippen MR) is 91.8 cm³/mol. The van der Waals surface area contributed by atoms with Gasteiger partial charge in [-0.2, -0.15) is 0 Å². The maximum Gasteiger partial charge on any atom is 0.0971 e. The van der Waals surface area contributed by atoms with Crippen LogP contribution in [-0.2, 0) is 0 Å². The zero-order chi connectivity index (χ0) is 17.3. The Morgan fingerprint density at radius 2 is 1.74 bits per heavy atom. The highest BCUT2D eigenvalue weighted by Gasteiger charge is 2.67. The molecule has 3 aliphatic rings. The molecule has 3 saturated carbocycles. The summed E-state index contributed by atoms with van der Waals surface area (Å²) in [4.78, 5) is 0. The second kappa shape index (κ2) is 5.06. The molecular formula is C20H34O3. The standard InChI is InChI=1S/C20H34O3/c1-6-18(4)11-13(21)16-19(5)9-7-8-17(2,3)14(19)10-15(22)20(16,23)12-18/h6,13-16,21-23H,1,7-12H2,2-5H3/t13-,14-,15-,16+,18+,19+,20+/m1/s1. The number of hydrogen-bond donors (Lipinski definition) is 3. The summed E-state index contributed by atoms with van der Waals surface area (Å²) in [6.07, 6.45) is 5.56. The molecule has 3 nitrogen and oxygen atoms in total. The van der Waals surface area contributed by atoms with Crippen LogP contribution in [0.5, 0.6) is 0 Å². The molecule has 3 fully saturated rings. The first-order valence-corrected chi connectivity index (χ1v) is 9.21. The van der Waals surface area contributed by atoms with Crippen molar-refractivity contribution in [3.05, 3.63) is 12.7 Å². The number of allylic oxidation sites excluding steroid dienone is 1. The lowest BCUT2D eigenvalue weighted by atomic mass is 9.41. The van der Waals surface area contributed by atoms with Gasteiger partial charge in [0.1, 0.15) is 0 Å². The summed E-state index contributed by atoms with van der Waals surface area (Å²) in [5.41, 5.74) is -1.50. The fourth-order valence-electron chi connectivity index (χ4n) is 6.80. The molecule has 0 aromatic heterocycles. The van der Waals surface area contributed by atoms with E-state index in [1.165, 1.54) is 0 Å². The Kier molecular flexibility index (Phi) is 3.84. The second-order valence-corrected chi connectivity index (χ2v) is 9.93. The highest BCUT2D eigenvalue weighted by atomic mass is 16.3. The maximum absolute atomic E-state index is 11.5. The van der Waals surface area contributed by atoms with Gasteiger partial charge in [0.2, 0.25) is 0 Å². The molecule has 0 aliphatic heterocycles. The first-order valence-electron chi connectivity index (χ1n) is 9.21. The molecule has 0 saturated heterocycles. The minimum atomic E-state index is -1.21. The molecule has 0 aromatic rings. The van der Waals surface area contributed by atoms with Crippen LogP contribution in [0.25, 0.3) is 0 Å². The topological polar surface area (TPSA) is 60.7 Å². The molecule has 7 atom stereocenters. The second-order valence-electron chi connectivity index (χ2n) is 9.93. The monoisotopic (exact) mass is 322 g/mol. The summed E-state index contributed by atoms with van der Waals surface area (Å²) >= 11 is 0. The average molecular weight is 322 g/mol. The Labute approximate surface area is 140 Å². The van der Waals surface area contributed by atoms with Gasteiger partial charge in [-0.15, -0.1) is 6.58 Å². The van der Waals surface area contributed by atoms with E-state index in [-0.39, 0.29) is 22.2 Å². The Morgan fingerprint density at radius 3 is 2.35 bits per heavy atom. The Balaban J connectivity index is 2.07. The van der Waals surface area contributed by atoms with Gasteiger partial charge in [-0.1, -0.05) is 40.2 Å². The Hall–Kier alpha value is -0.380. The number of hydrogen-bond acceptors (Lipinski definition) is 3. The van der Waals surface area contributed by atoms with Gasteiger partial charge in [0, 0.05) is 5.92 Å².